The predicted molar refractivity (Wildman–Crippen MR) is 141 cm³/mol. The number of benzene rings is 1. The highest BCUT2D eigenvalue weighted by Gasteiger charge is 2.82. The number of aliphatic hydroxyl groups is 1. The Morgan fingerprint density at radius 2 is 2.18 bits per heavy atom. The van der Waals surface area contributed by atoms with E-state index in [9.17, 15) is 9.90 Å². The molecule has 3 saturated heterocycles. The summed E-state index contributed by atoms with van der Waals surface area (Å²) < 4.78 is 28.2. The van der Waals surface area contributed by atoms with Gasteiger partial charge in [0.1, 0.15) is 11.3 Å². The quantitative estimate of drug-likeness (QED) is 0.486. The number of hydrogen-bond acceptors (Lipinski definition) is 8. The van der Waals surface area contributed by atoms with Gasteiger partial charge in [0.15, 0.2) is 5.82 Å². The SMILES string of the molecule is COC(=O)N1C2CC3C1[C@@]3(c1nc3c(F)cc(-c4nc(NC5CCOC[C@H]5O)ncc4Cl)cc3n1C(C)C)C2. The van der Waals surface area contributed by atoms with Gasteiger partial charge in [0, 0.05) is 24.3 Å². The Bertz CT molecular complexity index is 1500. The van der Waals surface area contributed by atoms with Gasteiger partial charge in [-0.1, -0.05) is 11.6 Å². The molecule has 6 atom stereocenters. The lowest BCUT2D eigenvalue weighted by atomic mass is 10.0. The highest BCUT2D eigenvalue weighted by molar-refractivity contribution is 6.33. The summed E-state index contributed by atoms with van der Waals surface area (Å²) in [6.45, 7) is 4.88. The number of carbonyl (C=O) groups is 1. The standard InChI is InChI=1S/C27H30ClFN6O4/c1-12(2)34-19-7-13(21-16(28)10-30-25(33-21)31-18-4-5-39-11-20(18)36)6-17(29)22(19)32-24(34)27-9-14-8-15(27)23(27)35(14)26(37)38-3/h6-7,10,12,14-15,18,20,23,36H,4-5,8-9,11H2,1-3H3,(H,30,31,33)/t14?,15?,18?,20-,23?,27-/m1/s1. The van der Waals surface area contributed by atoms with E-state index >= 15 is 4.39 Å². The van der Waals surface area contributed by atoms with Crippen LogP contribution in [0.15, 0.2) is 18.3 Å². The Labute approximate surface area is 229 Å². The third kappa shape index (κ3) is 3.52. The highest BCUT2D eigenvalue weighted by atomic mass is 35.5. The molecule has 2 aromatic heterocycles. The van der Waals surface area contributed by atoms with Crippen molar-refractivity contribution in [2.45, 2.75) is 68.8 Å². The van der Waals surface area contributed by atoms with Gasteiger partial charge in [-0.25, -0.2) is 24.1 Å². The van der Waals surface area contributed by atoms with Crippen LogP contribution in [-0.2, 0) is 14.9 Å². The van der Waals surface area contributed by atoms with E-state index in [1.807, 2.05) is 11.0 Å². The average Bonchev–Trinajstić information content (AvgIpc) is 3.41. The molecule has 0 radical (unpaired) electrons. The molecule has 1 aromatic carbocycles. The normalized spacial score (nSPS) is 30.8. The molecule has 5 aliphatic rings. The number of anilines is 1. The molecule has 39 heavy (non-hydrogen) atoms. The molecular formula is C27H30ClFN6O4. The lowest BCUT2D eigenvalue weighted by Crippen LogP contribution is -2.42. The van der Waals surface area contributed by atoms with E-state index in [0.717, 1.165) is 18.7 Å². The molecule has 4 bridgehead atoms. The fourth-order valence-electron chi connectivity index (χ4n) is 7.35. The second-order valence-electron chi connectivity index (χ2n) is 11.4. The van der Waals surface area contributed by atoms with Crippen LogP contribution in [0.5, 0.6) is 0 Å². The van der Waals surface area contributed by atoms with Crippen molar-refractivity contribution in [3.05, 3.63) is 35.0 Å². The molecule has 12 heteroatoms. The Balaban J connectivity index is 1.29. The van der Waals surface area contributed by atoms with Gasteiger partial charge in [0.25, 0.3) is 0 Å². The van der Waals surface area contributed by atoms with E-state index in [2.05, 4.69) is 33.7 Å². The van der Waals surface area contributed by atoms with E-state index in [1.165, 1.54) is 19.4 Å². The van der Waals surface area contributed by atoms with Crippen molar-refractivity contribution in [2.24, 2.45) is 5.92 Å². The van der Waals surface area contributed by atoms with Gasteiger partial charge in [-0.05, 0) is 51.2 Å². The zero-order valence-electron chi connectivity index (χ0n) is 21.9. The van der Waals surface area contributed by atoms with Gasteiger partial charge >= 0.3 is 6.09 Å². The number of amides is 1. The second kappa shape index (κ2) is 8.74. The van der Waals surface area contributed by atoms with Crippen LogP contribution in [0.3, 0.4) is 0 Å². The van der Waals surface area contributed by atoms with E-state index in [0.29, 0.717) is 47.2 Å². The van der Waals surface area contributed by atoms with Crippen LogP contribution in [0, 0.1) is 11.7 Å². The average molecular weight is 557 g/mol. The van der Waals surface area contributed by atoms with Crippen molar-refractivity contribution in [1.82, 2.24) is 24.4 Å². The summed E-state index contributed by atoms with van der Waals surface area (Å²) in [5.74, 6) is 0.976. The number of nitrogens with one attached hydrogen (secondary N) is 1. The molecule has 8 rings (SSSR count). The number of nitrogens with zero attached hydrogens (tertiary/aromatic N) is 5. The fourth-order valence-corrected chi connectivity index (χ4v) is 7.55. The molecule has 206 valence electrons. The molecule has 2 saturated carbocycles. The Morgan fingerprint density at radius 1 is 1.36 bits per heavy atom. The molecule has 5 fully saturated rings. The number of imidazole rings is 1. The van der Waals surface area contributed by atoms with E-state index in [-0.39, 0.29) is 47.3 Å². The van der Waals surface area contributed by atoms with Crippen molar-refractivity contribution < 1.29 is 23.8 Å². The Hall–Kier alpha value is -3.02. The van der Waals surface area contributed by atoms with Crippen molar-refractivity contribution in [3.8, 4) is 11.3 Å². The van der Waals surface area contributed by atoms with E-state index < -0.39 is 11.9 Å². The third-order valence-corrected chi connectivity index (χ3v) is 9.26. The van der Waals surface area contributed by atoms with Gasteiger partial charge in [-0.15, -0.1) is 0 Å². The maximum Gasteiger partial charge on any atom is 0.410 e. The summed E-state index contributed by atoms with van der Waals surface area (Å²) in [6, 6.07) is 3.20. The lowest BCUT2D eigenvalue weighted by Gasteiger charge is -2.28. The summed E-state index contributed by atoms with van der Waals surface area (Å²) in [6.07, 6.45) is 2.83. The number of aromatic nitrogens is 4. The van der Waals surface area contributed by atoms with Crippen molar-refractivity contribution in [1.29, 1.82) is 0 Å². The number of piperidine rings is 2. The summed E-state index contributed by atoms with van der Waals surface area (Å²) in [5, 5.41) is 13.7. The molecule has 3 aliphatic heterocycles. The number of rotatable bonds is 5. The maximum absolute atomic E-state index is 15.7. The molecule has 5 heterocycles. The minimum atomic E-state index is -0.684. The monoisotopic (exact) mass is 556 g/mol. The summed E-state index contributed by atoms with van der Waals surface area (Å²) in [5.41, 5.74) is 1.58. The molecule has 4 unspecified atom stereocenters. The zero-order chi connectivity index (χ0) is 27.2. The molecular weight excluding hydrogens is 527 g/mol. The first-order valence-corrected chi connectivity index (χ1v) is 13.8. The third-order valence-electron chi connectivity index (χ3n) is 8.98. The van der Waals surface area contributed by atoms with Crippen LogP contribution in [0.2, 0.25) is 5.02 Å². The first-order valence-electron chi connectivity index (χ1n) is 13.4. The molecule has 3 aromatic rings. The fraction of sp³-hybridized carbons (Fsp3) is 0.556. The highest BCUT2D eigenvalue weighted by Crippen LogP contribution is 2.73. The number of carbonyl (C=O) groups excluding carboxylic acids is 1. The van der Waals surface area contributed by atoms with Gasteiger partial charge in [0.05, 0.1) is 59.7 Å². The summed E-state index contributed by atoms with van der Waals surface area (Å²) >= 11 is 6.51. The number of halogens is 2. The van der Waals surface area contributed by atoms with Crippen LogP contribution in [0.25, 0.3) is 22.3 Å². The molecule has 10 nitrogen and oxygen atoms in total. The minimum absolute atomic E-state index is 0.00718. The molecule has 0 spiro atoms. The number of ether oxygens (including phenoxy) is 2. The van der Waals surface area contributed by atoms with E-state index in [1.54, 1.807) is 0 Å². The second-order valence-corrected chi connectivity index (χ2v) is 11.8. The molecule has 2 N–H and O–H groups in total. The topological polar surface area (TPSA) is 115 Å². The van der Waals surface area contributed by atoms with Gasteiger partial charge < -0.3 is 29.4 Å². The number of hydrogen-bond donors (Lipinski definition) is 2. The molecule has 1 amide bonds. The van der Waals surface area contributed by atoms with E-state index in [4.69, 9.17) is 26.1 Å². The Morgan fingerprint density at radius 3 is 2.90 bits per heavy atom. The van der Waals surface area contributed by atoms with Crippen LogP contribution in [-0.4, -0.2) is 80.2 Å². The van der Waals surface area contributed by atoms with Gasteiger partial charge in [0.2, 0.25) is 5.95 Å². The van der Waals surface area contributed by atoms with Gasteiger partial charge in [-0.3, -0.25) is 0 Å². The van der Waals surface area contributed by atoms with Crippen LogP contribution < -0.4 is 5.32 Å². The first-order chi connectivity index (χ1) is 18.7. The summed E-state index contributed by atoms with van der Waals surface area (Å²) in [4.78, 5) is 28.1. The predicted octanol–water partition coefficient (Wildman–Crippen LogP) is 3.91. The van der Waals surface area contributed by atoms with Crippen LogP contribution >= 0.6 is 11.6 Å². The van der Waals surface area contributed by atoms with Crippen molar-refractivity contribution in [2.75, 3.05) is 25.6 Å². The summed E-state index contributed by atoms with van der Waals surface area (Å²) in [7, 11) is 1.41. The van der Waals surface area contributed by atoms with Crippen molar-refractivity contribution >= 4 is 34.7 Å². The zero-order valence-corrected chi connectivity index (χ0v) is 22.7. The smallest absolute Gasteiger partial charge is 0.410 e. The Kier molecular flexibility index (Phi) is 5.60. The number of aliphatic hydroxyl groups excluding tert-OH is 1. The van der Waals surface area contributed by atoms with Crippen LogP contribution in [0.4, 0.5) is 15.1 Å². The number of fused-ring (bicyclic) bond motifs is 1. The van der Waals surface area contributed by atoms with Crippen molar-refractivity contribution in [3.63, 3.8) is 0 Å². The number of methoxy groups -OCH3 is 1. The molecule has 2 aliphatic carbocycles. The maximum atomic E-state index is 15.7. The largest absolute Gasteiger partial charge is 0.453 e. The minimum Gasteiger partial charge on any atom is -0.453 e. The van der Waals surface area contributed by atoms with Gasteiger partial charge in [-0.2, -0.15) is 0 Å². The lowest BCUT2D eigenvalue weighted by molar-refractivity contribution is -0.0136. The van der Waals surface area contributed by atoms with Crippen LogP contribution in [0.1, 0.15) is 45.0 Å². The first kappa shape index (κ1) is 25.0.